The number of hydrogen-bond donors (Lipinski definition) is 0. The second kappa shape index (κ2) is 5.36. The molecule has 1 saturated heterocycles. The van der Waals surface area contributed by atoms with Crippen LogP contribution in [0.3, 0.4) is 0 Å². The molecule has 2 aliphatic rings. The predicted octanol–water partition coefficient (Wildman–Crippen LogP) is 3.06. The summed E-state index contributed by atoms with van der Waals surface area (Å²) in [6.45, 7) is 2.95. The van der Waals surface area contributed by atoms with Gasteiger partial charge in [0.25, 0.3) is 0 Å². The molecule has 0 amide bonds. The molecule has 0 saturated carbocycles. The first-order valence-electron chi connectivity index (χ1n) is 7.95. The molecule has 4 heteroatoms. The maximum absolute atomic E-state index is 5.34. The Hall–Kier alpha value is -1.94. The molecule has 1 aromatic carbocycles. The molecule has 0 unspecified atom stereocenters. The number of fused-ring (bicyclic) bond motifs is 4. The highest BCUT2D eigenvalue weighted by atomic mass is 16.5. The van der Waals surface area contributed by atoms with Crippen molar-refractivity contribution in [3.05, 3.63) is 53.1 Å². The number of aromatic nitrogens is 2. The van der Waals surface area contributed by atoms with Crippen LogP contribution in [0.1, 0.15) is 41.5 Å². The van der Waals surface area contributed by atoms with Crippen LogP contribution in [0.5, 0.6) is 5.75 Å². The van der Waals surface area contributed by atoms with E-state index in [0.717, 1.165) is 24.5 Å². The van der Waals surface area contributed by atoms with Crippen molar-refractivity contribution in [3.63, 3.8) is 0 Å². The second-order valence-electron chi connectivity index (χ2n) is 6.29. The summed E-state index contributed by atoms with van der Waals surface area (Å²) in [6, 6.07) is 9.48. The minimum atomic E-state index is 0.473. The summed E-state index contributed by atoms with van der Waals surface area (Å²) in [5, 5.41) is 0. The third-order valence-electron chi connectivity index (χ3n) is 4.95. The predicted molar refractivity (Wildman–Crippen MR) is 84.8 cm³/mol. The molecule has 4 nitrogen and oxygen atoms in total. The third kappa shape index (κ3) is 2.28. The van der Waals surface area contributed by atoms with E-state index in [1.165, 1.54) is 29.7 Å². The quantitative estimate of drug-likeness (QED) is 0.872. The Bertz CT molecular complexity index is 700. The van der Waals surface area contributed by atoms with Crippen LogP contribution in [0.2, 0.25) is 0 Å². The number of aryl methyl sites for hydroxylation is 1. The van der Waals surface area contributed by atoms with Gasteiger partial charge in [-0.05, 0) is 37.5 Å². The van der Waals surface area contributed by atoms with E-state index >= 15 is 0 Å². The van der Waals surface area contributed by atoms with E-state index in [2.05, 4.69) is 33.1 Å². The van der Waals surface area contributed by atoms with Crippen molar-refractivity contribution in [2.75, 3.05) is 7.11 Å². The average molecular weight is 295 g/mol. The number of nitrogens with zero attached hydrogens (tertiary/aromatic N) is 3. The Kier molecular flexibility index (Phi) is 3.34. The summed E-state index contributed by atoms with van der Waals surface area (Å²) in [4.78, 5) is 11.7. The normalized spacial score (nSPS) is 23.4. The molecule has 1 fully saturated rings. The molecule has 4 rings (SSSR count). The van der Waals surface area contributed by atoms with Gasteiger partial charge in [-0.2, -0.15) is 0 Å². The fourth-order valence-corrected chi connectivity index (χ4v) is 3.90. The van der Waals surface area contributed by atoms with E-state index in [4.69, 9.17) is 4.74 Å². The Morgan fingerprint density at radius 2 is 2.23 bits per heavy atom. The van der Waals surface area contributed by atoms with Gasteiger partial charge < -0.3 is 4.74 Å². The van der Waals surface area contributed by atoms with Crippen molar-refractivity contribution in [1.82, 2.24) is 14.9 Å². The Morgan fingerprint density at radius 3 is 3.09 bits per heavy atom. The van der Waals surface area contributed by atoms with Gasteiger partial charge >= 0.3 is 0 Å². The van der Waals surface area contributed by atoms with Gasteiger partial charge in [-0.25, -0.2) is 9.97 Å². The molecular formula is C18H21N3O. The highest BCUT2D eigenvalue weighted by Crippen LogP contribution is 2.43. The van der Waals surface area contributed by atoms with Crippen molar-refractivity contribution >= 4 is 0 Å². The molecule has 22 heavy (non-hydrogen) atoms. The van der Waals surface area contributed by atoms with Gasteiger partial charge in [0.2, 0.25) is 0 Å². The fraction of sp³-hybridized carbons (Fsp3) is 0.444. The molecule has 3 heterocycles. The average Bonchev–Trinajstić information content (AvgIpc) is 2.80. The maximum Gasteiger partial charge on any atom is 0.125 e. The first kappa shape index (κ1) is 13.7. The van der Waals surface area contributed by atoms with Gasteiger partial charge in [-0.1, -0.05) is 12.1 Å². The SMILES string of the molecule is COc1cccc(CN2[C@@H]3CC[C@H]2c2cnc(C)nc2C3)c1. The summed E-state index contributed by atoms with van der Waals surface area (Å²) >= 11 is 0. The third-order valence-corrected chi connectivity index (χ3v) is 4.95. The van der Waals surface area contributed by atoms with Gasteiger partial charge in [0.05, 0.1) is 12.8 Å². The molecule has 0 spiro atoms. The molecule has 2 atom stereocenters. The van der Waals surface area contributed by atoms with Crippen LogP contribution >= 0.6 is 0 Å². The molecule has 2 bridgehead atoms. The highest BCUT2D eigenvalue weighted by Gasteiger charge is 2.40. The van der Waals surface area contributed by atoms with Crippen LogP contribution in [0, 0.1) is 6.92 Å². The molecule has 0 N–H and O–H groups in total. The van der Waals surface area contributed by atoms with Crippen molar-refractivity contribution < 1.29 is 4.74 Å². The Morgan fingerprint density at radius 1 is 1.32 bits per heavy atom. The van der Waals surface area contributed by atoms with E-state index < -0.39 is 0 Å². The topological polar surface area (TPSA) is 38.2 Å². The molecule has 2 aromatic rings. The van der Waals surface area contributed by atoms with E-state index in [0.29, 0.717) is 12.1 Å². The molecule has 0 aliphatic carbocycles. The maximum atomic E-state index is 5.34. The summed E-state index contributed by atoms with van der Waals surface area (Å²) in [7, 11) is 1.72. The van der Waals surface area contributed by atoms with Crippen LogP contribution in [-0.4, -0.2) is 28.0 Å². The zero-order valence-corrected chi connectivity index (χ0v) is 13.1. The van der Waals surface area contributed by atoms with Crippen molar-refractivity contribution in [2.24, 2.45) is 0 Å². The first-order chi connectivity index (χ1) is 10.7. The van der Waals surface area contributed by atoms with Gasteiger partial charge in [-0.15, -0.1) is 0 Å². The Balaban J connectivity index is 1.62. The van der Waals surface area contributed by atoms with Crippen LogP contribution in [0.4, 0.5) is 0 Å². The second-order valence-corrected chi connectivity index (χ2v) is 6.29. The lowest BCUT2D eigenvalue weighted by atomic mass is 9.98. The lowest BCUT2D eigenvalue weighted by Crippen LogP contribution is -2.37. The summed E-state index contributed by atoms with van der Waals surface area (Å²) in [6.07, 6.45) is 5.57. The number of methoxy groups -OCH3 is 1. The van der Waals surface area contributed by atoms with Crippen molar-refractivity contribution in [2.45, 2.75) is 44.8 Å². The van der Waals surface area contributed by atoms with Gasteiger partial charge in [0, 0.05) is 36.8 Å². The Labute approximate surface area is 131 Å². The van der Waals surface area contributed by atoms with Crippen molar-refractivity contribution in [3.8, 4) is 5.75 Å². The molecule has 2 aliphatic heterocycles. The van der Waals surface area contributed by atoms with E-state index in [1.54, 1.807) is 7.11 Å². The van der Waals surface area contributed by atoms with Gasteiger partial charge in [-0.3, -0.25) is 4.90 Å². The molecule has 0 radical (unpaired) electrons. The van der Waals surface area contributed by atoms with Crippen LogP contribution in [0.25, 0.3) is 0 Å². The first-order valence-corrected chi connectivity index (χ1v) is 7.95. The number of benzene rings is 1. The highest BCUT2D eigenvalue weighted by molar-refractivity contribution is 5.31. The monoisotopic (exact) mass is 295 g/mol. The van der Waals surface area contributed by atoms with E-state index in [1.807, 2.05) is 19.2 Å². The number of ether oxygens (including phenoxy) is 1. The largest absolute Gasteiger partial charge is 0.497 e. The summed E-state index contributed by atoms with van der Waals surface area (Å²) < 4.78 is 5.34. The summed E-state index contributed by atoms with van der Waals surface area (Å²) in [5.41, 5.74) is 3.91. The molecule has 114 valence electrons. The number of hydrogen-bond acceptors (Lipinski definition) is 4. The van der Waals surface area contributed by atoms with Crippen LogP contribution in [-0.2, 0) is 13.0 Å². The zero-order chi connectivity index (χ0) is 15.1. The fourth-order valence-electron chi connectivity index (χ4n) is 3.90. The zero-order valence-electron chi connectivity index (χ0n) is 13.1. The smallest absolute Gasteiger partial charge is 0.125 e. The van der Waals surface area contributed by atoms with E-state index in [9.17, 15) is 0 Å². The summed E-state index contributed by atoms with van der Waals surface area (Å²) in [5.74, 6) is 1.82. The standard InChI is InChI=1S/C18H21N3O/c1-12-19-10-16-17(20-12)9-14-6-7-18(16)21(14)11-13-4-3-5-15(8-13)22-2/h3-5,8,10,14,18H,6-7,9,11H2,1-2H3/t14-,18+/m1/s1. The lowest BCUT2D eigenvalue weighted by molar-refractivity contribution is 0.166. The van der Waals surface area contributed by atoms with E-state index in [-0.39, 0.29) is 0 Å². The number of rotatable bonds is 3. The lowest BCUT2D eigenvalue weighted by Gasteiger charge is -2.35. The minimum absolute atomic E-state index is 0.473. The van der Waals surface area contributed by atoms with Crippen LogP contribution < -0.4 is 4.74 Å². The molecule has 1 aromatic heterocycles. The van der Waals surface area contributed by atoms with Crippen LogP contribution in [0.15, 0.2) is 30.5 Å². The minimum Gasteiger partial charge on any atom is -0.497 e. The van der Waals surface area contributed by atoms with Gasteiger partial charge in [0.1, 0.15) is 11.6 Å². The van der Waals surface area contributed by atoms with Gasteiger partial charge in [0.15, 0.2) is 0 Å². The van der Waals surface area contributed by atoms with Crippen molar-refractivity contribution in [1.29, 1.82) is 0 Å². The molecular weight excluding hydrogens is 274 g/mol.